The number of benzene rings is 1. The van der Waals surface area contributed by atoms with Gasteiger partial charge in [0.15, 0.2) is 0 Å². The summed E-state index contributed by atoms with van der Waals surface area (Å²) in [6.45, 7) is 0. The van der Waals surface area contributed by atoms with Gasteiger partial charge < -0.3 is 10.4 Å². The largest absolute Gasteiger partial charge is 0.478 e. The highest BCUT2D eigenvalue weighted by molar-refractivity contribution is 5.86. The molecule has 2 heterocycles. The second-order valence-corrected chi connectivity index (χ2v) is 10.3. The van der Waals surface area contributed by atoms with Crippen molar-refractivity contribution in [3.05, 3.63) is 35.9 Å². The van der Waals surface area contributed by atoms with Crippen LogP contribution in [0.2, 0.25) is 0 Å². The summed E-state index contributed by atoms with van der Waals surface area (Å²) < 4.78 is 0. The first-order valence-electron chi connectivity index (χ1n) is 12.2. The number of carboxylic acids is 1. The molecule has 4 nitrogen and oxygen atoms in total. The fourth-order valence-electron chi connectivity index (χ4n) is 7.23. The van der Waals surface area contributed by atoms with Crippen molar-refractivity contribution >= 4 is 17.7 Å². The topological polar surface area (TPSA) is 52.6 Å². The quantitative estimate of drug-likeness (QED) is 0.627. The van der Waals surface area contributed by atoms with Gasteiger partial charge in [0.05, 0.1) is 0 Å². The summed E-state index contributed by atoms with van der Waals surface area (Å²) in [5.74, 6) is 1.09. The van der Waals surface area contributed by atoms with Gasteiger partial charge in [-0.2, -0.15) is 0 Å². The number of carboxylic acid groups (broad SMARTS) is 1. The minimum absolute atomic E-state index is 0.485. The molecule has 1 aromatic carbocycles. The summed E-state index contributed by atoms with van der Waals surface area (Å²) in [6, 6.07) is 10.9. The van der Waals surface area contributed by atoms with Crippen molar-refractivity contribution in [1.29, 1.82) is 0 Å². The second kappa shape index (κ2) is 8.74. The summed E-state index contributed by atoms with van der Waals surface area (Å²) in [5.41, 5.74) is 2.03. The van der Waals surface area contributed by atoms with Crippen LogP contribution in [-0.2, 0) is 4.79 Å². The minimum atomic E-state index is -0.898. The zero-order chi connectivity index (χ0) is 20.5. The Labute approximate surface area is 180 Å². The third-order valence-electron chi connectivity index (χ3n) is 8.28. The van der Waals surface area contributed by atoms with Gasteiger partial charge in [-0.1, -0.05) is 43.9 Å². The van der Waals surface area contributed by atoms with Gasteiger partial charge in [0.1, 0.15) is 0 Å². The molecule has 0 radical (unpaired) electrons. The van der Waals surface area contributed by atoms with E-state index < -0.39 is 5.97 Å². The molecule has 1 aromatic rings. The number of piperidine rings is 2. The number of hydrogen-bond acceptors (Lipinski definition) is 3. The standard InChI is InChI=1S/C26H36N2O2/c29-26(30)12-11-20-7-1-2-10-25(20)27-21-16-22-8-4-9-23(17-21)28(22)24-14-18-5-3-6-19(13-18)15-24/h1-2,7,10-12,18-19,21-24,27H,3-6,8-9,13-17H2,(H,29,30)/b12-11+. The van der Waals surface area contributed by atoms with Gasteiger partial charge in [-0.15, -0.1) is 0 Å². The Morgan fingerprint density at radius 3 is 2.27 bits per heavy atom. The Morgan fingerprint density at radius 1 is 0.900 bits per heavy atom. The summed E-state index contributed by atoms with van der Waals surface area (Å²) in [5, 5.41) is 12.8. The number of rotatable bonds is 5. The summed E-state index contributed by atoms with van der Waals surface area (Å²) in [7, 11) is 0. The molecule has 2 saturated carbocycles. The lowest BCUT2D eigenvalue weighted by Crippen LogP contribution is -2.60. The van der Waals surface area contributed by atoms with Crippen LogP contribution in [0.15, 0.2) is 30.3 Å². The van der Waals surface area contributed by atoms with Crippen LogP contribution in [0, 0.1) is 11.8 Å². The first-order valence-corrected chi connectivity index (χ1v) is 12.2. The van der Waals surface area contributed by atoms with Gasteiger partial charge in [0, 0.05) is 35.9 Å². The van der Waals surface area contributed by atoms with Crippen molar-refractivity contribution in [2.24, 2.45) is 11.8 Å². The van der Waals surface area contributed by atoms with Crippen molar-refractivity contribution in [3.8, 4) is 0 Å². The number of fused-ring (bicyclic) bond motifs is 4. The maximum atomic E-state index is 11.0. The Balaban J connectivity index is 1.28. The number of hydrogen-bond donors (Lipinski definition) is 2. The van der Waals surface area contributed by atoms with E-state index in [1.165, 1.54) is 76.7 Å². The molecular formula is C26H36N2O2. The molecule has 2 N–H and O–H groups in total. The molecular weight excluding hydrogens is 372 g/mol. The molecule has 0 amide bonds. The molecule has 2 aliphatic carbocycles. The number of aliphatic carboxylic acids is 1. The zero-order valence-corrected chi connectivity index (χ0v) is 18.0. The number of nitrogens with one attached hydrogen (secondary N) is 1. The van der Waals surface area contributed by atoms with Crippen LogP contribution in [0.25, 0.3) is 6.08 Å². The number of nitrogens with zero attached hydrogens (tertiary/aromatic N) is 1. The van der Waals surface area contributed by atoms with Gasteiger partial charge in [-0.3, -0.25) is 4.90 Å². The third-order valence-corrected chi connectivity index (χ3v) is 8.28. The molecule has 162 valence electrons. The SMILES string of the molecule is O=C(O)/C=C/c1ccccc1NC1CC2CCCC(C1)N2C1CC2CCCC(C2)C1. The van der Waals surface area contributed by atoms with Gasteiger partial charge in [-0.25, -0.2) is 4.79 Å². The van der Waals surface area contributed by atoms with E-state index in [4.69, 9.17) is 5.11 Å². The Kier molecular flexibility index (Phi) is 5.86. The first kappa shape index (κ1) is 20.1. The third kappa shape index (κ3) is 4.30. The number of anilines is 1. The molecule has 4 unspecified atom stereocenters. The van der Waals surface area contributed by atoms with E-state index in [2.05, 4.69) is 16.3 Å². The second-order valence-electron chi connectivity index (χ2n) is 10.3. The highest BCUT2D eigenvalue weighted by atomic mass is 16.4. The Bertz CT molecular complexity index is 765. The van der Waals surface area contributed by atoms with Crippen molar-refractivity contribution in [2.45, 2.75) is 94.8 Å². The normalized spacial score (nSPS) is 36.5. The fourth-order valence-corrected chi connectivity index (χ4v) is 7.23. The van der Waals surface area contributed by atoms with E-state index in [-0.39, 0.29) is 0 Å². The van der Waals surface area contributed by atoms with Gasteiger partial charge in [-0.05, 0) is 74.5 Å². The summed E-state index contributed by atoms with van der Waals surface area (Å²) in [4.78, 5) is 13.9. The molecule has 4 atom stereocenters. The van der Waals surface area contributed by atoms with Crippen LogP contribution in [0.1, 0.15) is 76.2 Å². The Hall–Kier alpha value is -1.81. The molecule has 5 rings (SSSR count). The smallest absolute Gasteiger partial charge is 0.328 e. The van der Waals surface area contributed by atoms with Crippen molar-refractivity contribution in [1.82, 2.24) is 4.90 Å². The van der Waals surface area contributed by atoms with Crippen LogP contribution in [0.5, 0.6) is 0 Å². The first-order chi connectivity index (χ1) is 14.7. The van der Waals surface area contributed by atoms with Crippen LogP contribution in [0.4, 0.5) is 5.69 Å². The van der Waals surface area contributed by atoms with Crippen molar-refractivity contribution in [2.75, 3.05) is 5.32 Å². The van der Waals surface area contributed by atoms with Crippen LogP contribution in [-0.4, -0.2) is 40.1 Å². The van der Waals surface area contributed by atoms with Crippen LogP contribution < -0.4 is 5.32 Å². The molecule has 0 aromatic heterocycles. The maximum absolute atomic E-state index is 11.0. The highest BCUT2D eigenvalue weighted by Gasteiger charge is 2.44. The predicted molar refractivity (Wildman–Crippen MR) is 121 cm³/mol. The van der Waals surface area contributed by atoms with E-state index in [0.717, 1.165) is 41.2 Å². The van der Waals surface area contributed by atoms with Crippen molar-refractivity contribution in [3.63, 3.8) is 0 Å². The summed E-state index contributed by atoms with van der Waals surface area (Å²) in [6.07, 6.45) is 18.3. The van der Waals surface area contributed by atoms with E-state index >= 15 is 0 Å². The molecule has 30 heavy (non-hydrogen) atoms. The maximum Gasteiger partial charge on any atom is 0.328 e. The summed E-state index contributed by atoms with van der Waals surface area (Å²) >= 11 is 0. The molecule has 4 heteroatoms. The van der Waals surface area contributed by atoms with Crippen molar-refractivity contribution < 1.29 is 9.90 Å². The fraction of sp³-hybridized carbons (Fsp3) is 0.654. The number of para-hydroxylation sites is 1. The molecule has 4 bridgehead atoms. The van der Waals surface area contributed by atoms with Crippen LogP contribution >= 0.6 is 0 Å². The van der Waals surface area contributed by atoms with Crippen LogP contribution in [0.3, 0.4) is 0 Å². The van der Waals surface area contributed by atoms with Gasteiger partial charge in [0.25, 0.3) is 0 Å². The monoisotopic (exact) mass is 408 g/mol. The zero-order valence-electron chi connectivity index (χ0n) is 18.0. The van der Waals surface area contributed by atoms with E-state index in [9.17, 15) is 4.79 Å². The lowest BCUT2D eigenvalue weighted by atomic mass is 9.68. The lowest BCUT2D eigenvalue weighted by molar-refractivity contribution is -0.131. The van der Waals surface area contributed by atoms with E-state index in [1.807, 2.05) is 18.2 Å². The molecule has 0 spiro atoms. The highest BCUT2D eigenvalue weighted by Crippen LogP contribution is 2.46. The molecule has 2 aliphatic heterocycles. The molecule has 2 saturated heterocycles. The average Bonchev–Trinajstić information content (AvgIpc) is 2.72. The molecule has 4 aliphatic rings. The molecule has 4 fully saturated rings. The minimum Gasteiger partial charge on any atom is -0.478 e. The predicted octanol–water partition coefficient (Wildman–Crippen LogP) is 5.55. The van der Waals surface area contributed by atoms with Gasteiger partial charge >= 0.3 is 5.97 Å². The van der Waals surface area contributed by atoms with Gasteiger partial charge in [0.2, 0.25) is 0 Å². The van der Waals surface area contributed by atoms with E-state index in [0.29, 0.717) is 6.04 Å². The van der Waals surface area contributed by atoms with E-state index in [1.54, 1.807) is 6.08 Å². The average molecular weight is 409 g/mol. The lowest BCUT2D eigenvalue weighted by Gasteiger charge is -2.55. The number of carbonyl (C=O) groups is 1. The Morgan fingerprint density at radius 2 is 1.57 bits per heavy atom.